The highest BCUT2D eigenvalue weighted by Crippen LogP contribution is 2.39. The average Bonchev–Trinajstić information content (AvgIpc) is 2.78. The predicted molar refractivity (Wildman–Crippen MR) is 115 cm³/mol. The van der Waals surface area contributed by atoms with Crippen molar-refractivity contribution >= 4 is 16.6 Å². The van der Waals surface area contributed by atoms with Gasteiger partial charge in [-0.2, -0.15) is 0 Å². The number of methoxy groups -OCH3 is 1. The van der Waals surface area contributed by atoms with Crippen LogP contribution in [0.5, 0.6) is 0 Å². The number of fused-ring (bicyclic) bond motifs is 3. The lowest BCUT2D eigenvalue weighted by Gasteiger charge is -2.49. The Kier molecular flexibility index (Phi) is 7.21. The van der Waals surface area contributed by atoms with E-state index in [-0.39, 0.29) is 0 Å². The van der Waals surface area contributed by atoms with Crippen LogP contribution in [0.15, 0.2) is 47.6 Å². The summed E-state index contributed by atoms with van der Waals surface area (Å²) in [6, 6.07) is 9.64. The Balaban J connectivity index is 0.000000491. The molecule has 0 amide bonds. The molecule has 3 fully saturated rings. The summed E-state index contributed by atoms with van der Waals surface area (Å²) in [6.07, 6.45) is 8.29. The fraction of sp³-hybridized carbons (Fsp3) is 0.455. The predicted octanol–water partition coefficient (Wildman–Crippen LogP) is 1.56. The highest BCUT2D eigenvalue weighted by atomic mass is 32.3. The fourth-order valence-electron chi connectivity index (χ4n) is 4.32. The summed E-state index contributed by atoms with van der Waals surface area (Å²) in [5, 5.41) is 11.6. The van der Waals surface area contributed by atoms with Crippen molar-refractivity contribution in [1.82, 2.24) is 4.90 Å². The minimum atomic E-state index is -4.92. The number of allylic oxidation sites excluding steroid dienone is 1. The van der Waals surface area contributed by atoms with Crippen LogP contribution in [0, 0.1) is 23.7 Å². The monoisotopic (exact) mass is 446 g/mol. The van der Waals surface area contributed by atoms with Crippen molar-refractivity contribution in [2.45, 2.75) is 30.5 Å². The normalized spacial score (nSPS) is 28.7. The Morgan fingerprint density at radius 2 is 1.97 bits per heavy atom. The minimum absolute atomic E-state index is 0.426. The van der Waals surface area contributed by atoms with Crippen LogP contribution in [0.1, 0.15) is 24.8 Å². The summed E-state index contributed by atoms with van der Waals surface area (Å²) in [4.78, 5) is 6.63. The highest BCUT2D eigenvalue weighted by molar-refractivity contribution is 7.79. The number of hydrogen-bond donors (Lipinski definition) is 2. The smallest absolute Gasteiger partial charge is 0.303 e. The molecule has 0 radical (unpaired) electrons. The molecule has 2 atom stereocenters. The van der Waals surface area contributed by atoms with Gasteiger partial charge in [-0.3, -0.25) is 9.45 Å². The number of piperidine rings is 3. The van der Waals surface area contributed by atoms with Crippen molar-refractivity contribution in [3.8, 4) is 11.8 Å². The van der Waals surface area contributed by atoms with Gasteiger partial charge >= 0.3 is 5.60 Å². The molecular weight excluding hydrogens is 420 g/mol. The first-order valence-corrected chi connectivity index (χ1v) is 11.4. The lowest BCUT2D eigenvalue weighted by atomic mass is 9.74. The number of nitrogens with zero attached hydrogens (tertiary/aromatic N) is 2. The van der Waals surface area contributed by atoms with Crippen LogP contribution in [-0.4, -0.2) is 66.1 Å². The number of ether oxygens (including phenoxy) is 1. The van der Waals surface area contributed by atoms with Crippen LogP contribution in [0.3, 0.4) is 0 Å². The first-order valence-electron chi connectivity index (χ1n) is 9.99. The number of aliphatic imine (C=N–C) groups is 1. The summed E-state index contributed by atoms with van der Waals surface area (Å²) >= 11 is 0. The second kappa shape index (κ2) is 9.53. The van der Waals surface area contributed by atoms with Gasteiger partial charge < -0.3 is 14.4 Å². The number of rotatable bonds is 3. The molecule has 3 saturated heterocycles. The van der Waals surface area contributed by atoms with Crippen LogP contribution >= 0.6 is 0 Å². The Morgan fingerprint density at radius 3 is 2.45 bits per heavy atom. The lowest BCUT2D eigenvalue weighted by molar-refractivity contribution is -0.0965. The van der Waals surface area contributed by atoms with Gasteiger partial charge in [0, 0.05) is 31.3 Å². The molecule has 0 aromatic heterocycles. The van der Waals surface area contributed by atoms with Gasteiger partial charge in [-0.05, 0) is 37.9 Å². The van der Waals surface area contributed by atoms with Gasteiger partial charge in [0.2, 0.25) is 10.4 Å². The Labute approximate surface area is 183 Å². The molecule has 1 aromatic rings. The summed E-state index contributed by atoms with van der Waals surface area (Å²) in [7, 11) is -3.17. The summed E-state index contributed by atoms with van der Waals surface area (Å²) in [6.45, 7) is 3.06. The number of aliphatic hydroxyl groups is 1. The van der Waals surface area contributed by atoms with E-state index in [0.29, 0.717) is 12.3 Å². The van der Waals surface area contributed by atoms with E-state index in [0.717, 1.165) is 44.0 Å². The third kappa shape index (κ3) is 5.74. The largest absolute Gasteiger partial charge is 0.726 e. The van der Waals surface area contributed by atoms with E-state index in [1.807, 2.05) is 36.4 Å². The van der Waals surface area contributed by atoms with E-state index >= 15 is 0 Å². The van der Waals surface area contributed by atoms with Gasteiger partial charge in [0.1, 0.15) is 12.0 Å². The van der Waals surface area contributed by atoms with Gasteiger partial charge in [-0.1, -0.05) is 36.3 Å². The molecule has 8 nitrogen and oxygen atoms in total. The quantitative estimate of drug-likeness (QED) is 0.313. The summed E-state index contributed by atoms with van der Waals surface area (Å²) in [5.41, 5.74) is -1.08. The lowest BCUT2D eigenvalue weighted by Crippen LogP contribution is -2.59. The second-order valence-corrected chi connectivity index (χ2v) is 8.65. The first-order chi connectivity index (χ1) is 14.7. The Morgan fingerprint density at radius 1 is 1.32 bits per heavy atom. The maximum Gasteiger partial charge on any atom is 0.303 e. The van der Waals surface area contributed by atoms with Crippen LogP contribution in [-0.2, 0) is 20.7 Å². The average molecular weight is 447 g/mol. The van der Waals surface area contributed by atoms with Crippen LogP contribution in [0.2, 0.25) is 0 Å². The van der Waals surface area contributed by atoms with Gasteiger partial charge in [-0.25, -0.2) is 13.4 Å². The van der Waals surface area contributed by atoms with E-state index in [4.69, 9.17) is 22.3 Å². The van der Waals surface area contributed by atoms with Gasteiger partial charge in [0.25, 0.3) is 0 Å². The molecule has 4 aliphatic heterocycles. The number of benzene rings is 1. The molecule has 4 aliphatic rings. The zero-order chi connectivity index (χ0) is 22.5. The zero-order valence-corrected chi connectivity index (χ0v) is 18.1. The van der Waals surface area contributed by atoms with Crippen molar-refractivity contribution in [3.05, 3.63) is 54.1 Å². The van der Waals surface area contributed by atoms with E-state index in [1.165, 1.54) is 0 Å². The first kappa shape index (κ1) is 23.5. The molecule has 4 heterocycles. The standard InChI is InChI=1S/C22H25N2O2.H2O4S/c1-26-21(17-24-14-9-18(21)10-15-24)11-12-22(25,19-6-3-2-4-7-19)20-8-5-13-23-16-20;1-5(2,3)4/h2-7,13,16,18,25H,8-10,14-15,17H2,1H3;(H2,1,2,3,4)/q+1;/p-1/t21-,22+;/m1./s1. The maximum atomic E-state index is 11.6. The number of hydrogen-bond acceptors (Lipinski definition) is 7. The van der Waals surface area contributed by atoms with E-state index in [9.17, 15) is 5.11 Å². The van der Waals surface area contributed by atoms with Gasteiger partial charge in [0.15, 0.2) is 12.1 Å². The molecule has 2 bridgehead atoms. The van der Waals surface area contributed by atoms with Crippen molar-refractivity contribution in [2.75, 3.05) is 26.7 Å². The summed E-state index contributed by atoms with van der Waals surface area (Å²) in [5.74, 6) is 7.83. The second-order valence-electron chi connectivity index (χ2n) is 7.79. The molecule has 0 spiro atoms. The molecule has 1 aromatic carbocycles. The fourth-order valence-corrected chi connectivity index (χ4v) is 4.32. The van der Waals surface area contributed by atoms with Crippen molar-refractivity contribution in [1.29, 1.82) is 0 Å². The molecule has 0 aliphatic carbocycles. The molecule has 9 heteroatoms. The third-order valence-corrected chi connectivity index (χ3v) is 5.94. The minimum Gasteiger partial charge on any atom is -0.726 e. The highest BCUT2D eigenvalue weighted by Gasteiger charge is 2.50. The molecular formula is C22H26N2O6S. The van der Waals surface area contributed by atoms with Gasteiger partial charge in [-0.15, -0.1) is 0 Å². The van der Waals surface area contributed by atoms with Gasteiger partial charge in [0.05, 0.1) is 0 Å². The maximum absolute atomic E-state index is 11.6. The van der Waals surface area contributed by atoms with E-state index in [1.54, 1.807) is 19.5 Å². The summed E-state index contributed by atoms with van der Waals surface area (Å²) < 4.78 is 38.8. The molecule has 2 N–H and O–H groups in total. The van der Waals surface area contributed by atoms with Crippen molar-refractivity contribution in [3.63, 3.8) is 0 Å². The van der Waals surface area contributed by atoms with E-state index < -0.39 is 21.6 Å². The molecule has 0 saturated carbocycles. The van der Waals surface area contributed by atoms with E-state index in [2.05, 4.69) is 21.7 Å². The van der Waals surface area contributed by atoms with Crippen LogP contribution in [0.4, 0.5) is 0 Å². The Hall–Kier alpha value is -2.19. The third-order valence-electron chi connectivity index (χ3n) is 5.94. The molecule has 166 valence electrons. The molecule has 5 rings (SSSR count). The molecule has 31 heavy (non-hydrogen) atoms. The van der Waals surface area contributed by atoms with Crippen molar-refractivity contribution in [2.24, 2.45) is 10.9 Å². The van der Waals surface area contributed by atoms with Crippen molar-refractivity contribution < 1.29 is 27.4 Å². The zero-order valence-electron chi connectivity index (χ0n) is 17.3. The topological polar surface area (TPSA) is 122 Å². The Bertz CT molecular complexity index is 968. The SMILES string of the molecule is CO[C@]1(C#C[C@](O)(c2ccccc2)[C+]2C=NC=CC2)CN2CCC1CC2.O=S(=O)([O-])O. The van der Waals surface area contributed by atoms with Crippen LogP contribution in [0.25, 0.3) is 0 Å². The molecule has 0 unspecified atom stereocenters. The van der Waals surface area contributed by atoms with Crippen LogP contribution < -0.4 is 0 Å².